The number of amides is 2. The van der Waals surface area contributed by atoms with Gasteiger partial charge >= 0.3 is 0 Å². The molecule has 0 spiro atoms. The smallest absolute Gasteiger partial charge is 0.261 e. The Bertz CT molecular complexity index is 992. The van der Waals surface area contributed by atoms with Gasteiger partial charge in [0.05, 0.1) is 4.47 Å². The lowest BCUT2D eigenvalue weighted by Crippen LogP contribution is -2.50. The third-order valence-corrected chi connectivity index (χ3v) is 6.45. The maximum atomic E-state index is 13.3. The van der Waals surface area contributed by atoms with E-state index in [4.69, 9.17) is 27.9 Å². The number of rotatable bonds is 9. The molecular weight excluding hydrogens is 527 g/mol. The maximum absolute atomic E-state index is 13.3. The average molecular weight is 558 g/mol. The summed E-state index contributed by atoms with van der Waals surface area (Å²) in [5.41, 5.74) is 1.84. The number of nitrogens with zero attached hydrogens (tertiary/aromatic N) is 1. The van der Waals surface area contributed by atoms with Crippen molar-refractivity contribution in [2.75, 3.05) is 13.2 Å². The number of carbonyl (C=O) groups is 2. The Labute approximate surface area is 214 Å². The van der Waals surface area contributed by atoms with Crippen LogP contribution in [-0.2, 0) is 21.5 Å². The molecule has 2 amide bonds. The van der Waals surface area contributed by atoms with E-state index >= 15 is 0 Å². The van der Waals surface area contributed by atoms with Gasteiger partial charge in [0.2, 0.25) is 5.91 Å². The van der Waals surface area contributed by atoms with Gasteiger partial charge in [-0.15, -0.1) is 0 Å². The Kier molecular flexibility index (Phi) is 10.1. The SMILES string of the molecule is CCNC(=O)[C@@H](CC)N(Cc1ccc(Cl)cc1Cl)C(=O)COc1ccc(C(C)(C)C)cc1Br. The standard InChI is InChI=1S/C25H31BrCl2N2O3/c1-6-21(24(32)29-7-2)30(14-16-8-10-18(27)13-20(16)28)23(31)15-33-22-11-9-17(12-19(22)26)25(3,4)5/h8-13,21H,6-7,14-15H2,1-5H3,(H,29,32)/t21-/m1/s1. The summed E-state index contributed by atoms with van der Waals surface area (Å²) in [7, 11) is 0. The third kappa shape index (κ3) is 7.62. The molecule has 2 aromatic rings. The molecule has 8 heteroatoms. The molecule has 0 aliphatic carbocycles. The fourth-order valence-corrected chi connectivity index (χ4v) is 4.31. The number of likely N-dealkylation sites (N-methyl/N-ethyl adjacent to an activating group) is 1. The van der Waals surface area contributed by atoms with Crippen molar-refractivity contribution in [2.45, 2.75) is 59.0 Å². The molecule has 0 saturated carbocycles. The van der Waals surface area contributed by atoms with E-state index in [2.05, 4.69) is 42.0 Å². The van der Waals surface area contributed by atoms with Gasteiger partial charge in [0, 0.05) is 23.1 Å². The summed E-state index contributed by atoms with van der Waals surface area (Å²) >= 11 is 15.9. The van der Waals surface area contributed by atoms with Crippen LogP contribution in [0.5, 0.6) is 5.75 Å². The van der Waals surface area contributed by atoms with E-state index in [1.165, 1.54) is 4.90 Å². The first-order valence-electron chi connectivity index (χ1n) is 10.9. The van der Waals surface area contributed by atoms with Gasteiger partial charge < -0.3 is 15.0 Å². The Hall–Kier alpha value is -1.76. The van der Waals surface area contributed by atoms with Crippen LogP contribution in [0, 0.1) is 0 Å². The number of hydrogen-bond acceptors (Lipinski definition) is 3. The summed E-state index contributed by atoms with van der Waals surface area (Å²) < 4.78 is 6.61. The minimum atomic E-state index is -0.653. The number of hydrogen-bond donors (Lipinski definition) is 1. The van der Waals surface area contributed by atoms with Gasteiger partial charge in [-0.1, -0.05) is 63.0 Å². The van der Waals surface area contributed by atoms with Crippen molar-refractivity contribution >= 4 is 50.9 Å². The van der Waals surface area contributed by atoms with Gasteiger partial charge in [-0.2, -0.15) is 0 Å². The summed E-state index contributed by atoms with van der Waals surface area (Å²) in [6, 6.07) is 10.3. The quantitative estimate of drug-likeness (QED) is 0.389. The monoisotopic (exact) mass is 556 g/mol. The molecule has 0 aromatic heterocycles. The van der Waals surface area contributed by atoms with Crippen LogP contribution >= 0.6 is 39.1 Å². The number of ether oxygens (including phenoxy) is 1. The van der Waals surface area contributed by atoms with E-state index in [9.17, 15) is 9.59 Å². The number of benzene rings is 2. The van der Waals surface area contributed by atoms with Gasteiger partial charge in [0.1, 0.15) is 11.8 Å². The zero-order valence-corrected chi connectivity index (χ0v) is 22.8. The highest BCUT2D eigenvalue weighted by atomic mass is 79.9. The second-order valence-corrected chi connectivity index (χ2v) is 10.5. The Balaban J connectivity index is 2.26. The van der Waals surface area contributed by atoms with E-state index in [0.717, 1.165) is 10.0 Å². The largest absolute Gasteiger partial charge is 0.483 e. The van der Waals surface area contributed by atoms with Crippen molar-refractivity contribution in [3.05, 3.63) is 62.0 Å². The van der Waals surface area contributed by atoms with Crippen LogP contribution in [0.2, 0.25) is 10.0 Å². The molecular formula is C25H31BrCl2N2O3. The molecule has 0 fully saturated rings. The van der Waals surface area contributed by atoms with Gasteiger partial charge in [-0.05, 0) is 70.1 Å². The minimum absolute atomic E-state index is 0.00744. The van der Waals surface area contributed by atoms with Crippen LogP contribution in [0.15, 0.2) is 40.9 Å². The Morgan fingerprint density at radius 1 is 1.12 bits per heavy atom. The predicted molar refractivity (Wildman–Crippen MR) is 138 cm³/mol. The molecule has 5 nitrogen and oxygen atoms in total. The first-order chi connectivity index (χ1) is 15.5. The van der Waals surface area contributed by atoms with Crippen molar-refractivity contribution in [2.24, 2.45) is 0 Å². The zero-order chi connectivity index (χ0) is 24.8. The molecule has 0 bridgehead atoms. The van der Waals surface area contributed by atoms with Crippen LogP contribution in [0.25, 0.3) is 0 Å². The van der Waals surface area contributed by atoms with E-state index in [-0.39, 0.29) is 30.4 Å². The molecule has 33 heavy (non-hydrogen) atoms. The van der Waals surface area contributed by atoms with E-state index < -0.39 is 6.04 Å². The van der Waals surface area contributed by atoms with E-state index in [1.54, 1.807) is 18.2 Å². The molecule has 2 rings (SSSR count). The highest BCUT2D eigenvalue weighted by Crippen LogP contribution is 2.31. The molecule has 180 valence electrons. The second-order valence-electron chi connectivity index (χ2n) is 8.76. The normalized spacial score (nSPS) is 12.2. The molecule has 0 unspecified atom stereocenters. The zero-order valence-electron chi connectivity index (χ0n) is 19.7. The lowest BCUT2D eigenvalue weighted by atomic mass is 9.87. The van der Waals surface area contributed by atoms with Crippen molar-refractivity contribution in [1.82, 2.24) is 10.2 Å². The number of carbonyl (C=O) groups excluding carboxylic acids is 2. The second kappa shape index (κ2) is 12.1. The first kappa shape index (κ1) is 27.5. The molecule has 0 saturated heterocycles. The summed E-state index contributed by atoms with van der Waals surface area (Å²) in [4.78, 5) is 27.5. The van der Waals surface area contributed by atoms with Crippen LogP contribution in [-0.4, -0.2) is 35.9 Å². The van der Waals surface area contributed by atoms with Crippen molar-refractivity contribution in [3.63, 3.8) is 0 Å². The number of nitrogens with one attached hydrogen (secondary N) is 1. The van der Waals surface area contributed by atoms with E-state index in [1.807, 2.05) is 32.0 Å². The van der Waals surface area contributed by atoms with Gasteiger partial charge in [-0.25, -0.2) is 0 Å². The first-order valence-corrected chi connectivity index (χ1v) is 12.5. The van der Waals surface area contributed by atoms with Crippen molar-refractivity contribution in [1.29, 1.82) is 0 Å². The lowest BCUT2D eigenvalue weighted by molar-refractivity contribution is -0.142. The summed E-state index contributed by atoms with van der Waals surface area (Å²) in [5.74, 6) is 0.0342. The predicted octanol–water partition coefficient (Wildman–Crippen LogP) is 6.38. The molecule has 0 aliphatic heterocycles. The Morgan fingerprint density at radius 2 is 1.82 bits per heavy atom. The van der Waals surface area contributed by atoms with Gasteiger partial charge in [0.25, 0.3) is 5.91 Å². The highest BCUT2D eigenvalue weighted by molar-refractivity contribution is 9.10. The third-order valence-electron chi connectivity index (χ3n) is 5.24. The average Bonchev–Trinajstić information content (AvgIpc) is 2.73. The molecule has 0 radical (unpaired) electrons. The van der Waals surface area contributed by atoms with Crippen LogP contribution in [0.1, 0.15) is 52.2 Å². The Morgan fingerprint density at radius 3 is 2.36 bits per heavy atom. The van der Waals surface area contributed by atoms with E-state index in [0.29, 0.717) is 34.3 Å². The summed E-state index contributed by atoms with van der Waals surface area (Å²) in [6.07, 6.45) is 0.451. The van der Waals surface area contributed by atoms with Crippen LogP contribution in [0.3, 0.4) is 0 Å². The van der Waals surface area contributed by atoms with Crippen LogP contribution in [0.4, 0.5) is 0 Å². The fraction of sp³-hybridized carbons (Fsp3) is 0.440. The van der Waals surface area contributed by atoms with Crippen molar-refractivity contribution in [3.8, 4) is 5.75 Å². The van der Waals surface area contributed by atoms with Gasteiger partial charge in [-0.3, -0.25) is 9.59 Å². The topological polar surface area (TPSA) is 58.6 Å². The molecule has 1 atom stereocenters. The molecule has 0 heterocycles. The molecule has 1 N–H and O–H groups in total. The summed E-state index contributed by atoms with van der Waals surface area (Å²) in [6.45, 7) is 10.5. The van der Waals surface area contributed by atoms with Crippen LogP contribution < -0.4 is 10.1 Å². The highest BCUT2D eigenvalue weighted by Gasteiger charge is 2.29. The fourth-order valence-electron chi connectivity index (χ4n) is 3.35. The summed E-state index contributed by atoms with van der Waals surface area (Å²) in [5, 5.41) is 3.75. The minimum Gasteiger partial charge on any atom is -0.483 e. The van der Waals surface area contributed by atoms with Crippen molar-refractivity contribution < 1.29 is 14.3 Å². The van der Waals surface area contributed by atoms with Gasteiger partial charge in [0.15, 0.2) is 6.61 Å². The lowest BCUT2D eigenvalue weighted by Gasteiger charge is -2.31. The molecule has 0 aliphatic rings. The molecule has 2 aromatic carbocycles. The maximum Gasteiger partial charge on any atom is 0.261 e. The number of halogens is 3.